The molecule has 0 bridgehead atoms. The van der Waals surface area contributed by atoms with Crippen molar-refractivity contribution in [1.29, 1.82) is 0 Å². The minimum absolute atomic E-state index is 0. The molecule has 1 saturated heterocycles. The number of aryl methyl sites for hydroxylation is 3. The Morgan fingerprint density at radius 3 is 2.29 bits per heavy atom. The second kappa shape index (κ2) is 10.5. The molecular formula is C23H28N5NaO4S. The predicted octanol–water partition coefficient (Wildman–Crippen LogP) is 0.602. The predicted molar refractivity (Wildman–Crippen MR) is 125 cm³/mol. The summed E-state index contributed by atoms with van der Waals surface area (Å²) in [5.74, 6) is 0.158. The number of urea groups is 1. The number of carbonyl (C=O) groups is 1. The van der Waals surface area contributed by atoms with Crippen molar-refractivity contribution in [3.8, 4) is 0 Å². The molecule has 34 heavy (non-hydrogen) atoms. The maximum absolute atomic E-state index is 13.4. The number of rotatable bonds is 5. The van der Waals surface area contributed by atoms with Crippen LogP contribution in [0.2, 0.25) is 0 Å². The van der Waals surface area contributed by atoms with Crippen LogP contribution in [0.25, 0.3) is 4.72 Å². The van der Waals surface area contributed by atoms with Gasteiger partial charge in [-0.25, -0.2) is 12.7 Å². The number of amides is 2. The summed E-state index contributed by atoms with van der Waals surface area (Å²) in [5.41, 5.74) is 6.21. The van der Waals surface area contributed by atoms with E-state index < -0.39 is 22.3 Å². The first kappa shape index (κ1) is 25.4. The van der Waals surface area contributed by atoms with Crippen LogP contribution in [0.4, 0.5) is 16.3 Å². The minimum atomic E-state index is -4.35. The first-order chi connectivity index (χ1) is 15.9. The van der Waals surface area contributed by atoms with E-state index in [-0.39, 0.29) is 35.4 Å². The van der Waals surface area contributed by atoms with Crippen molar-refractivity contribution in [2.45, 2.75) is 64.3 Å². The third kappa shape index (κ3) is 5.11. The van der Waals surface area contributed by atoms with Gasteiger partial charge in [-0.05, 0) is 98.4 Å². The molecule has 2 heterocycles. The fourth-order valence-corrected chi connectivity index (χ4v) is 6.43. The third-order valence-corrected chi connectivity index (χ3v) is 8.06. The van der Waals surface area contributed by atoms with E-state index in [1.54, 1.807) is 19.1 Å². The summed E-state index contributed by atoms with van der Waals surface area (Å²) in [4.78, 5) is 13.0. The van der Waals surface area contributed by atoms with Crippen molar-refractivity contribution in [1.82, 2.24) is 10.2 Å². The molecule has 2 amide bonds. The van der Waals surface area contributed by atoms with Crippen LogP contribution in [0.1, 0.15) is 53.6 Å². The van der Waals surface area contributed by atoms with E-state index in [1.165, 1.54) is 11.1 Å². The first-order valence-electron chi connectivity index (χ1n) is 11.6. The monoisotopic (exact) mass is 493 g/mol. The normalized spacial score (nSPS) is 17.4. The molecule has 5 rings (SSSR count). The van der Waals surface area contributed by atoms with Crippen molar-refractivity contribution in [2.75, 3.05) is 22.8 Å². The summed E-state index contributed by atoms with van der Waals surface area (Å²) >= 11 is 0. The Balaban J connectivity index is 0.00000274. The molecule has 176 valence electrons. The van der Waals surface area contributed by atoms with Gasteiger partial charge in [0.2, 0.25) is 0 Å². The Labute approximate surface area is 222 Å². The van der Waals surface area contributed by atoms with Gasteiger partial charge in [0.05, 0.1) is 11.7 Å². The van der Waals surface area contributed by atoms with E-state index in [9.17, 15) is 13.2 Å². The van der Waals surface area contributed by atoms with Gasteiger partial charge in [-0.2, -0.15) is 5.10 Å². The first-order valence-corrected chi connectivity index (χ1v) is 12.9. The molecule has 1 fully saturated rings. The summed E-state index contributed by atoms with van der Waals surface area (Å²) in [6, 6.07) is 4.28. The molecule has 3 aliphatic rings. The Hall–Kier alpha value is -1.72. The molecule has 0 saturated carbocycles. The quantitative estimate of drug-likeness (QED) is 0.610. The van der Waals surface area contributed by atoms with Gasteiger partial charge < -0.3 is 14.8 Å². The molecule has 2 aliphatic carbocycles. The Bertz CT molecular complexity index is 1130. The van der Waals surface area contributed by atoms with Crippen LogP contribution in [-0.4, -0.2) is 43.9 Å². The van der Waals surface area contributed by atoms with Crippen LogP contribution < -0.4 is 39.2 Å². The van der Waals surface area contributed by atoms with Gasteiger partial charge in [0, 0.05) is 13.2 Å². The number of nitrogens with one attached hydrogen (secondary N) is 1. The topological polar surface area (TPSA) is 116 Å². The van der Waals surface area contributed by atoms with Crippen LogP contribution in [0.5, 0.6) is 0 Å². The molecule has 1 N–H and O–H groups in total. The average molecular weight is 494 g/mol. The molecular weight excluding hydrogens is 465 g/mol. The molecule has 11 heteroatoms. The van der Waals surface area contributed by atoms with Gasteiger partial charge in [-0.3, -0.25) is 4.79 Å². The number of anilines is 2. The zero-order valence-electron chi connectivity index (χ0n) is 19.7. The molecule has 1 aliphatic heterocycles. The molecule has 9 nitrogen and oxygen atoms in total. The average Bonchev–Trinajstić information content (AvgIpc) is 3.45. The number of ether oxygens (including phenoxy) is 1. The maximum atomic E-state index is 13.4. The van der Waals surface area contributed by atoms with Crippen molar-refractivity contribution >= 4 is 27.7 Å². The summed E-state index contributed by atoms with van der Waals surface area (Å²) in [5, 5.41) is 10.9. The number of hydrogen-bond acceptors (Lipinski definition) is 6. The van der Waals surface area contributed by atoms with Gasteiger partial charge in [0.25, 0.3) is 10.2 Å². The van der Waals surface area contributed by atoms with Crippen molar-refractivity contribution < 1.29 is 47.5 Å². The van der Waals surface area contributed by atoms with Gasteiger partial charge in [0.1, 0.15) is 0 Å². The van der Waals surface area contributed by atoms with Crippen LogP contribution >= 0.6 is 0 Å². The van der Waals surface area contributed by atoms with Crippen molar-refractivity contribution in [3.63, 3.8) is 0 Å². The minimum Gasteiger partial charge on any atom is -0.423 e. The fourth-order valence-electron chi connectivity index (χ4n) is 5.17. The molecule has 1 aromatic carbocycles. The number of fused-ring (bicyclic) bond motifs is 2. The third-order valence-electron chi connectivity index (χ3n) is 6.68. The van der Waals surface area contributed by atoms with Crippen LogP contribution in [-0.2, 0) is 40.6 Å². The molecule has 0 unspecified atom stereocenters. The summed E-state index contributed by atoms with van der Waals surface area (Å²) in [6.45, 7) is 2.65. The van der Waals surface area contributed by atoms with Gasteiger partial charge in [0.15, 0.2) is 11.8 Å². The molecule has 1 aromatic heterocycles. The second-order valence-corrected chi connectivity index (χ2v) is 10.4. The Morgan fingerprint density at radius 1 is 1.06 bits per heavy atom. The SMILES string of the molecule is Cc1ccc(N(C2CCOCC2)S(=O)(=O)[N-]C(=O)Nc2c3c(cc4c2CCC4)CCC3)nn1.[Na+]. The molecule has 0 radical (unpaired) electrons. The van der Waals surface area contributed by atoms with Crippen LogP contribution in [0, 0.1) is 6.92 Å². The number of hydrogen-bond donors (Lipinski definition) is 1. The van der Waals surface area contributed by atoms with Gasteiger partial charge in [-0.15, -0.1) is 5.10 Å². The summed E-state index contributed by atoms with van der Waals surface area (Å²) in [7, 11) is -4.35. The van der Waals surface area contributed by atoms with Crippen molar-refractivity contribution in [2.24, 2.45) is 0 Å². The summed E-state index contributed by atoms with van der Waals surface area (Å²) < 4.78 is 36.9. The zero-order valence-corrected chi connectivity index (χ0v) is 22.5. The number of nitrogens with zero attached hydrogens (tertiary/aromatic N) is 4. The Kier molecular flexibility index (Phi) is 7.83. The summed E-state index contributed by atoms with van der Waals surface area (Å²) in [6.07, 6.45) is 6.82. The van der Waals surface area contributed by atoms with E-state index in [1.807, 2.05) is 0 Å². The number of benzene rings is 1. The van der Waals surface area contributed by atoms with Crippen LogP contribution in [0.3, 0.4) is 0 Å². The van der Waals surface area contributed by atoms with E-state index >= 15 is 0 Å². The van der Waals surface area contributed by atoms with E-state index in [0.29, 0.717) is 31.7 Å². The maximum Gasteiger partial charge on any atom is 1.00 e. The second-order valence-electron chi connectivity index (χ2n) is 8.91. The molecule has 0 spiro atoms. The van der Waals surface area contributed by atoms with E-state index in [2.05, 4.69) is 26.3 Å². The van der Waals surface area contributed by atoms with Crippen molar-refractivity contribution in [3.05, 3.63) is 50.9 Å². The van der Waals surface area contributed by atoms with Gasteiger partial charge in [-0.1, -0.05) is 6.07 Å². The van der Waals surface area contributed by atoms with E-state index in [4.69, 9.17) is 4.74 Å². The number of aromatic nitrogens is 2. The smallest absolute Gasteiger partial charge is 0.423 e. The van der Waals surface area contributed by atoms with Gasteiger partial charge >= 0.3 is 29.6 Å². The fraction of sp³-hybridized carbons (Fsp3) is 0.522. The Morgan fingerprint density at radius 2 is 1.71 bits per heavy atom. The zero-order chi connectivity index (χ0) is 23.0. The largest absolute Gasteiger partial charge is 1.00 e. The molecule has 2 aromatic rings. The van der Waals surface area contributed by atoms with E-state index in [0.717, 1.165) is 59.6 Å². The number of carbonyl (C=O) groups excluding carboxylic acids is 1. The standard InChI is InChI=1S/C23H29N5O4S.Na/c1-15-8-9-21(26-25-15)28(18-10-12-32-13-11-18)33(30,31)27-23(29)24-22-19-6-2-4-16(19)14-17-5-3-7-20(17)22;/h8-9,14,18H,2-7,10-13H2,1H3,(H2,24,27,29);/q;+1/p-1. The molecule has 0 atom stereocenters. The van der Waals surface area contributed by atoms with Crippen LogP contribution in [0.15, 0.2) is 18.2 Å².